The van der Waals surface area contributed by atoms with Gasteiger partial charge >= 0.3 is 6.18 Å². The quantitative estimate of drug-likeness (QED) is 0.573. The minimum atomic E-state index is -4.48. The Morgan fingerprint density at radius 1 is 1.13 bits per heavy atom. The van der Waals surface area contributed by atoms with Gasteiger partial charge in [0.05, 0.1) is 29.9 Å². The van der Waals surface area contributed by atoms with Crippen molar-refractivity contribution in [2.24, 2.45) is 0 Å². The normalized spacial score (nSPS) is 18.2. The summed E-state index contributed by atoms with van der Waals surface area (Å²) in [6, 6.07) is 10.3. The molecule has 0 N–H and O–H groups in total. The second-order valence-electron chi connectivity index (χ2n) is 7.31. The van der Waals surface area contributed by atoms with Crippen molar-refractivity contribution in [1.29, 1.82) is 0 Å². The highest BCUT2D eigenvalue weighted by atomic mass is 32.2. The van der Waals surface area contributed by atoms with E-state index in [2.05, 4.69) is 0 Å². The summed E-state index contributed by atoms with van der Waals surface area (Å²) in [5.74, 6) is -0.0753. The summed E-state index contributed by atoms with van der Waals surface area (Å²) in [5.41, 5.74) is -0.554. The summed E-state index contributed by atoms with van der Waals surface area (Å²) in [6.45, 7) is -0.0430. The molecule has 1 unspecified atom stereocenters. The van der Waals surface area contributed by atoms with Gasteiger partial charge in [-0.15, -0.1) is 0 Å². The van der Waals surface area contributed by atoms with E-state index >= 15 is 0 Å². The molecule has 0 bridgehead atoms. The molecule has 0 radical (unpaired) electrons. The van der Waals surface area contributed by atoms with Gasteiger partial charge in [-0.05, 0) is 42.8 Å². The van der Waals surface area contributed by atoms with Crippen molar-refractivity contribution >= 4 is 15.7 Å². The number of nitrogens with zero attached hydrogens (tertiary/aromatic N) is 1. The minimum Gasteiger partial charge on any atom is -0.459 e. The molecule has 0 saturated carbocycles. The van der Waals surface area contributed by atoms with Crippen LogP contribution in [0.4, 0.5) is 13.2 Å². The number of furan rings is 2. The van der Waals surface area contributed by atoms with Crippen LogP contribution in [0, 0.1) is 0 Å². The van der Waals surface area contributed by atoms with E-state index in [-0.39, 0.29) is 41.6 Å². The maximum Gasteiger partial charge on any atom is 0.416 e. The van der Waals surface area contributed by atoms with Crippen molar-refractivity contribution in [3.63, 3.8) is 0 Å². The van der Waals surface area contributed by atoms with E-state index in [9.17, 15) is 26.4 Å². The van der Waals surface area contributed by atoms with Gasteiger partial charge in [0.25, 0.3) is 5.91 Å². The van der Waals surface area contributed by atoms with Crippen LogP contribution in [0.5, 0.6) is 0 Å². The average molecular weight is 453 g/mol. The van der Waals surface area contributed by atoms with Gasteiger partial charge in [0, 0.05) is 11.6 Å². The number of carbonyl (C=O) groups is 1. The first-order valence-electron chi connectivity index (χ1n) is 9.44. The van der Waals surface area contributed by atoms with Gasteiger partial charge in [0.15, 0.2) is 15.6 Å². The fourth-order valence-electron chi connectivity index (χ4n) is 3.56. The summed E-state index contributed by atoms with van der Waals surface area (Å²) < 4.78 is 73.7. The number of alkyl halides is 3. The van der Waals surface area contributed by atoms with E-state index in [4.69, 9.17) is 8.83 Å². The molecule has 4 rings (SSSR count). The Morgan fingerprint density at radius 3 is 2.58 bits per heavy atom. The van der Waals surface area contributed by atoms with Crippen LogP contribution >= 0.6 is 0 Å². The first-order chi connectivity index (χ1) is 14.6. The van der Waals surface area contributed by atoms with E-state index in [1.807, 2.05) is 0 Å². The Kier molecular flexibility index (Phi) is 5.42. The fourth-order valence-corrected chi connectivity index (χ4v) is 5.30. The van der Waals surface area contributed by atoms with Crippen LogP contribution in [0.15, 0.2) is 63.6 Å². The SMILES string of the molecule is O=C(c1ccco1)N(Cc1ccc(-c2cccc(C(F)(F)F)c2)o1)C1CCS(=O)(=O)C1. The predicted molar refractivity (Wildman–Crippen MR) is 105 cm³/mol. The van der Waals surface area contributed by atoms with E-state index in [0.717, 1.165) is 12.1 Å². The van der Waals surface area contributed by atoms with Gasteiger partial charge in [-0.25, -0.2) is 8.42 Å². The second kappa shape index (κ2) is 7.92. The molecule has 1 aromatic carbocycles. The zero-order chi connectivity index (χ0) is 22.2. The Balaban J connectivity index is 1.60. The zero-order valence-corrected chi connectivity index (χ0v) is 16.9. The summed E-state index contributed by atoms with van der Waals surface area (Å²) in [4.78, 5) is 14.3. The van der Waals surface area contributed by atoms with Gasteiger partial charge in [0.2, 0.25) is 0 Å². The highest BCUT2D eigenvalue weighted by Gasteiger charge is 2.36. The van der Waals surface area contributed by atoms with Gasteiger partial charge < -0.3 is 13.7 Å². The lowest BCUT2D eigenvalue weighted by Gasteiger charge is -2.26. The summed E-state index contributed by atoms with van der Waals surface area (Å²) in [6.07, 6.45) is -2.85. The molecule has 0 spiro atoms. The smallest absolute Gasteiger partial charge is 0.416 e. The number of amides is 1. The topological polar surface area (TPSA) is 80.7 Å². The Bertz CT molecular complexity index is 1180. The zero-order valence-electron chi connectivity index (χ0n) is 16.1. The highest BCUT2D eigenvalue weighted by molar-refractivity contribution is 7.91. The van der Waals surface area contributed by atoms with Crippen LogP contribution in [-0.4, -0.2) is 36.8 Å². The number of hydrogen-bond donors (Lipinski definition) is 0. The molecule has 1 fully saturated rings. The van der Waals surface area contributed by atoms with Crippen LogP contribution in [0.3, 0.4) is 0 Å². The molecular formula is C21H18F3NO5S. The minimum absolute atomic E-state index is 0.0206. The van der Waals surface area contributed by atoms with Gasteiger partial charge in [-0.2, -0.15) is 13.2 Å². The molecule has 3 heterocycles. The van der Waals surface area contributed by atoms with Crippen molar-refractivity contribution in [2.75, 3.05) is 11.5 Å². The molecular weight excluding hydrogens is 435 g/mol. The van der Waals surface area contributed by atoms with Gasteiger partial charge in [-0.3, -0.25) is 4.79 Å². The summed E-state index contributed by atoms with van der Waals surface area (Å²) in [7, 11) is -3.25. The first-order valence-corrected chi connectivity index (χ1v) is 11.3. The standard InChI is InChI=1S/C21H18F3NO5S/c22-21(23,24)15-4-1-3-14(11-15)18-7-6-17(30-18)12-25(16-8-10-31(27,28)13-16)20(26)19-5-2-9-29-19/h1-7,9,11,16H,8,10,12-13H2. The molecule has 164 valence electrons. The van der Waals surface area contributed by atoms with Gasteiger partial charge in [-0.1, -0.05) is 12.1 Å². The lowest BCUT2D eigenvalue weighted by atomic mass is 10.1. The molecule has 1 amide bonds. The Morgan fingerprint density at radius 2 is 1.94 bits per heavy atom. The predicted octanol–water partition coefficient (Wildman–Crippen LogP) is 4.39. The number of hydrogen-bond acceptors (Lipinski definition) is 5. The van der Waals surface area contributed by atoms with Crippen molar-refractivity contribution in [3.05, 3.63) is 71.9 Å². The van der Waals surface area contributed by atoms with E-state index in [1.54, 1.807) is 12.1 Å². The maximum absolute atomic E-state index is 13.0. The molecule has 2 aromatic heterocycles. The molecule has 10 heteroatoms. The lowest BCUT2D eigenvalue weighted by Crippen LogP contribution is -2.40. The molecule has 1 saturated heterocycles. The van der Waals surface area contributed by atoms with Gasteiger partial charge in [0.1, 0.15) is 11.5 Å². The van der Waals surface area contributed by atoms with Crippen molar-refractivity contribution in [1.82, 2.24) is 4.90 Å². The van der Waals surface area contributed by atoms with Crippen LogP contribution < -0.4 is 0 Å². The van der Waals surface area contributed by atoms with E-state index < -0.39 is 33.5 Å². The summed E-state index contributed by atoms with van der Waals surface area (Å²) >= 11 is 0. The molecule has 1 aliphatic rings. The second-order valence-corrected chi connectivity index (χ2v) is 9.54. The fraction of sp³-hybridized carbons (Fsp3) is 0.286. The monoisotopic (exact) mass is 453 g/mol. The van der Waals surface area contributed by atoms with Crippen LogP contribution in [0.25, 0.3) is 11.3 Å². The molecule has 1 atom stereocenters. The average Bonchev–Trinajstić information content (AvgIpc) is 3.46. The van der Waals surface area contributed by atoms with Crippen molar-refractivity contribution < 1.29 is 35.2 Å². The van der Waals surface area contributed by atoms with Crippen LogP contribution in [0.2, 0.25) is 0 Å². The molecule has 3 aromatic rings. The number of halogens is 3. The number of carbonyl (C=O) groups excluding carboxylic acids is 1. The lowest BCUT2D eigenvalue weighted by molar-refractivity contribution is -0.137. The summed E-state index contributed by atoms with van der Waals surface area (Å²) in [5, 5.41) is 0. The third kappa shape index (κ3) is 4.68. The van der Waals surface area contributed by atoms with Crippen molar-refractivity contribution in [3.8, 4) is 11.3 Å². The number of sulfone groups is 1. The van der Waals surface area contributed by atoms with Crippen LogP contribution in [0.1, 0.15) is 28.3 Å². The van der Waals surface area contributed by atoms with Crippen LogP contribution in [-0.2, 0) is 22.6 Å². The first kappa shape index (κ1) is 21.2. The Labute approximate surface area is 176 Å². The highest BCUT2D eigenvalue weighted by Crippen LogP contribution is 2.33. The number of benzene rings is 1. The maximum atomic E-state index is 13.0. The molecule has 0 aliphatic carbocycles. The largest absolute Gasteiger partial charge is 0.459 e. The third-order valence-electron chi connectivity index (χ3n) is 5.10. The Hall–Kier alpha value is -3.01. The molecule has 31 heavy (non-hydrogen) atoms. The number of rotatable bonds is 5. The van der Waals surface area contributed by atoms with E-state index in [0.29, 0.717) is 5.76 Å². The molecule has 1 aliphatic heterocycles. The van der Waals surface area contributed by atoms with Crippen molar-refractivity contribution in [2.45, 2.75) is 25.2 Å². The van der Waals surface area contributed by atoms with E-state index in [1.165, 1.54) is 35.4 Å². The third-order valence-corrected chi connectivity index (χ3v) is 6.85. The molecule has 6 nitrogen and oxygen atoms in total.